The summed E-state index contributed by atoms with van der Waals surface area (Å²) in [5, 5.41) is 0.563. The number of hydrogen-bond donors (Lipinski definition) is 1. The minimum absolute atomic E-state index is 0.105. The molecule has 1 fully saturated rings. The molecule has 0 radical (unpaired) electrons. The van der Waals surface area contributed by atoms with E-state index in [4.69, 9.17) is 4.74 Å². The van der Waals surface area contributed by atoms with Crippen molar-refractivity contribution < 1.29 is 9.53 Å². The number of methoxy groups -OCH3 is 1. The number of fused-ring (bicyclic) bond motifs is 1. The van der Waals surface area contributed by atoms with Crippen LogP contribution in [0.3, 0.4) is 0 Å². The Morgan fingerprint density at radius 1 is 1.26 bits per heavy atom. The van der Waals surface area contributed by atoms with Gasteiger partial charge in [-0.15, -0.1) is 0 Å². The van der Waals surface area contributed by atoms with E-state index in [0.29, 0.717) is 48.8 Å². The molecular weight excluding hydrogens is 342 g/mol. The Labute approximate surface area is 159 Å². The largest absolute Gasteiger partial charge is 0.383 e. The molecule has 1 saturated carbocycles. The fourth-order valence-corrected chi connectivity index (χ4v) is 3.85. The van der Waals surface area contributed by atoms with Gasteiger partial charge in [-0.2, -0.15) is 0 Å². The first-order valence-corrected chi connectivity index (χ1v) is 9.92. The molecule has 6 heteroatoms. The van der Waals surface area contributed by atoms with Crippen molar-refractivity contribution >= 4 is 16.8 Å². The van der Waals surface area contributed by atoms with Crippen molar-refractivity contribution in [2.45, 2.75) is 51.5 Å². The van der Waals surface area contributed by atoms with Crippen LogP contribution in [0.25, 0.3) is 10.9 Å². The summed E-state index contributed by atoms with van der Waals surface area (Å²) in [5.41, 5.74) is 0.481. The zero-order valence-corrected chi connectivity index (χ0v) is 16.1. The van der Waals surface area contributed by atoms with E-state index < -0.39 is 0 Å². The average molecular weight is 371 g/mol. The number of aromatic nitrogens is 2. The van der Waals surface area contributed by atoms with Crippen LogP contribution in [-0.4, -0.2) is 41.0 Å². The molecule has 1 N–H and O–H groups in total. The van der Waals surface area contributed by atoms with Crippen LogP contribution in [0.2, 0.25) is 0 Å². The quantitative estimate of drug-likeness (QED) is 0.773. The summed E-state index contributed by atoms with van der Waals surface area (Å²) in [6.07, 6.45) is 7.88. The summed E-state index contributed by atoms with van der Waals surface area (Å²) in [5.74, 6) is 1.29. The van der Waals surface area contributed by atoms with E-state index in [0.717, 1.165) is 6.42 Å². The van der Waals surface area contributed by atoms with Gasteiger partial charge < -0.3 is 14.6 Å². The molecule has 6 nitrogen and oxygen atoms in total. The summed E-state index contributed by atoms with van der Waals surface area (Å²) in [6.45, 7) is 1.26. The van der Waals surface area contributed by atoms with Crippen molar-refractivity contribution in [3.63, 3.8) is 0 Å². The zero-order chi connectivity index (χ0) is 19.1. The van der Waals surface area contributed by atoms with Crippen molar-refractivity contribution in [3.05, 3.63) is 40.4 Å². The maximum atomic E-state index is 12.8. The van der Waals surface area contributed by atoms with Crippen LogP contribution in [0.4, 0.5) is 0 Å². The number of nitrogens with zero attached hydrogens (tertiary/aromatic N) is 2. The van der Waals surface area contributed by atoms with Gasteiger partial charge in [-0.3, -0.25) is 9.59 Å². The van der Waals surface area contributed by atoms with Gasteiger partial charge in [0.15, 0.2) is 0 Å². The van der Waals surface area contributed by atoms with Gasteiger partial charge in [0, 0.05) is 20.1 Å². The van der Waals surface area contributed by atoms with Crippen LogP contribution in [0.5, 0.6) is 0 Å². The average Bonchev–Trinajstić information content (AvgIpc) is 2.70. The lowest BCUT2D eigenvalue weighted by Crippen LogP contribution is -2.35. The maximum Gasteiger partial charge on any atom is 0.258 e. The van der Waals surface area contributed by atoms with Crippen molar-refractivity contribution in [2.24, 2.45) is 5.92 Å². The number of para-hydroxylation sites is 1. The lowest BCUT2D eigenvalue weighted by atomic mass is 9.86. The standard InChI is InChI=1S/C21H29N3O3/c1-27-14-13-24(20(25)12-11-16-7-3-2-4-8-16)15-19-22-18-10-6-5-9-17(18)21(26)23-19/h5-6,9-10,16H,2-4,7-8,11-15H2,1H3,(H,22,23,26). The third-order valence-corrected chi connectivity index (χ3v) is 5.41. The Kier molecular flexibility index (Phi) is 6.98. The maximum absolute atomic E-state index is 12.8. The summed E-state index contributed by atoms with van der Waals surface area (Å²) in [4.78, 5) is 34.2. The molecule has 146 valence electrons. The number of hydrogen-bond acceptors (Lipinski definition) is 4. The second-order valence-corrected chi connectivity index (χ2v) is 7.38. The van der Waals surface area contributed by atoms with E-state index in [-0.39, 0.29) is 11.5 Å². The summed E-state index contributed by atoms with van der Waals surface area (Å²) in [7, 11) is 1.63. The molecule has 2 aromatic rings. The summed E-state index contributed by atoms with van der Waals surface area (Å²) in [6, 6.07) is 7.25. The van der Waals surface area contributed by atoms with Crippen molar-refractivity contribution in [2.75, 3.05) is 20.3 Å². The fraction of sp³-hybridized carbons (Fsp3) is 0.571. The van der Waals surface area contributed by atoms with Gasteiger partial charge >= 0.3 is 0 Å². The van der Waals surface area contributed by atoms with Crippen molar-refractivity contribution in [3.8, 4) is 0 Å². The third-order valence-electron chi connectivity index (χ3n) is 5.41. The van der Waals surface area contributed by atoms with E-state index in [2.05, 4.69) is 9.97 Å². The minimum Gasteiger partial charge on any atom is -0.383 e. The zero-order valence-electron chi connectivity index (χ0n) is 16.1. The van der Waals surface area contributed by atoms with Crippen molar-refractivity contribution in [1.29, 1.82) is 0 Å². The Bertz CT molecular complexity index is 812. The normalized spacial score (nSPS) is 15.1. The van der Waals surface area contributed by atoms with Crippen LogP contribution in [0.15, 0.2) is 29.1 Å². The first-order valence-electron chi connectivity index (χ1n) is 9.92. The molecule has 0 bridgehead atoms. The molecule has 1 aliphatic rings. The highest BCUT2D eigenvalue weighted by atomic mass is 16.5. The minimum atomic E-state index is -0.169. The molecular formula is C21H29N3O3. The molecule has 3 rings (SSSR count). The number of amides is 1. The molecule has 0 spiro atoms. The van der Waals surface area contributed by atoms with E-state index in [1.807, 2.05) is 18.2 Å². The molecule has 0 aliphatic heterocycles. The van der Waals surface area contributed by atoms with E-state index in [1.165, 1.54) is 32.1 Å². The van der Waals surface area contributed by atoms with Crippen LogP contribution in [-0.2, 0) is 16.1 Å². The number of carbonyl (C=O) groups excluding carboxylic acids is 1. The highest BCUT2D eigenvalue weighted by Crippen LogP contribution is 2.27. The van der Waals surface area contributed by atoms with E-state index in [1.54, 1.807) is 18.1 Å². The van der Waals surface area contributed by atoms with Gasteiger partial charge in [0.2, 0.25) is 5.91 Å². The van der Waals surface area contributed by atoms with Crippen molar-refractivity contribution in [1.82, 2.24) is 14.9 Å². The lowest BCUT2D eigenvalue weighted by Gasteiger charge is -2.25. The Morgan fingerprint density at radius 2 is 2.04 bits per heavy atom. The van der Waals surface area contributed by atoms with E-state index >= 15 is 0 Å². The molecule has 27 heavy (non-hydrogen) atoms. The summed E-state index contributed by atoms with van der Waals surface area (Å²) < 4.78 is 5.16. The molecule has 0 unspecified atom stereocenters. The number of benzene rings is 1. The van der Waals surface area contributed by atoms with Gasteiger partial charge in [0.1, 0.15) is 5.82 Å². The highest BCUT2D eigenvalue weighted by molar-refractivity contribution is 5.78. The molecule has 1 heterocycles. The van der Waals surface area contributed by atoms with Gasteiger partial charge in [0.25, 0.3) is 5.56 Å². The van der Waals surface area contributed by atoms with Gasteiger partial charge in [-0.25, -0.2) is 4.98 Å². The Morgan fingerprint density at radius 3 is 2.81 bits per heavy atom. The third kappa shape index (κ3) is 5.39. The Hall–Kier alpha value is -2.21. The SMILES string of the molecule is COCCN(Cc1nc2ccccc2c(=O)[nH]1)C(=O)CCC1CCCCC1. The molecule has 1 aromatic heterocycles. The molecule has 0 saturated heterocycles. The first-order chi connectivity index (χ1) is 13.2. The van der Waals surface area contributed by atoms with Gasteiger partial charge in [0.05, 0.1) is 24.1 Å². The second-order valence-electron chi connectivity index (χ2n) is 7.38. The first kappa shape index (κ1) is 19.5. The van der Waals surface area contributed by atoms with Gasteiger partial charge in [-0.05, 0) is 24.5 Å². The van der Waals surface area contributed by atoms with E-state index in [9.17, 15) is 9.59 Å². The second kappa shape index (κ2) is 9.65. The van der Waals surface area contributed by atoms with Crippen LogP contribution in [0, 0.1) is 5.92 Å². The fourth-order valence-electron chi connectivity index (χ4n) is 3.85. The number of aromatic amines is 1. The molecule has 1 amide bonds. The number of nitrogens with one attached hydrogen (secondary N) is 1. The lowest BCUT2D eigenvalue weighted by molar-refractivity contribution is -0.133. The van der Waals surface area contributed by atoms with Crippen LogP contribution in [0.1, 0.15) is 50.8 Å². The topological polar surface area (TPSA) is 75.3 Å². The number of rotatable bonds is 8. The van der Waals surface area contributed by atoms with Crippen LogP contribution >= 0.6 is 0 Å². The Balaban J connectivity index is 1.68. The summed E-state index contributed by atoms with van der Waals surface area (Å²) >= 11 is 0. The predicted octanol–water partition coefficient (Wildman–Crippen LogP) is 3.26. The van der Waals surface area contributed by atoms with Gasteiger partial charge in [-0.1, -0.05) is 44.2 Å². The number of ether oxygens (including phenoxy) is 1. The molecule has 1 aromatic carbocycles. The highest BCUT2D eigenvalue weighted by Gasteiger charge is 2.19. The number of carbonyl (C=O) groups is 1. The predicted molar refractivity (Wildman–Crippen MR) is 105 cm³/mol. The monoisotopic (exact) mass is 371 g/mol. The number of H-pyrrole nitrogens is 1. The molecule has 1 aliphatic carbocycles. The van der Waals surface area contributed by atoms with Crippen LogP contribution < -0.4 is 5.56 Å². The molecule has 0 atom stereocenters. The smallest absolute Gasteiger partial charge is 0.258 e.